The Bertz CT molecular complexity index is 711. The maximum Gasteiger partial charge on any atom is 0.262 e. The molecule has 0 amide bonds. The average Bonchev–Trinajstić information content (AvgIpc) is 2.78. The lowest BCUT2D eigenvalue weighted by Crippen LogP contribution is -2.80. The lowest BCUT2D eigenvalue weighted by atomic mass is 9.40. The van der Waals surface area contributed by atoms with Crippen molar-refractivity contribution >= 4 is 5.78 Å². The molecule has 138 valence electrons. The first-order chi connectivity index (χ1) is 11.4. The lowest BCUT2D eigenvalue weighted by Gasteiger charge is -2.66. The van der Waals surface area contributed by atoms with Gasteiger partial charge in [0.25, 0.3) is 5.79 Å². The number of ketones is 1. The summed E-state index contributed by atoms with van der Waals surface area (Å²) in [4.78, 5) is 13.3. The van der Waals surface area contributed by atoms with Crippen LogP contribution in [0.15, 0.2) is 24.3 Å². The van der Waals surface area contributed by atoms with E-state index in [2.05, 4.69) is 6.58 Å². The largest absolute Gasteiger partial charge is 0.384 e. The Labute approximate surface area is 148 Å². The molecule has 5 heteroatoms. The summed E-state index contributed by atoms with van der Waals surface area (Å²) in [6, 6.07) is 0. The number of allylic oxidation sites excluding steroid dienone is 2. The molecule has 5 unspecified atom stereocenters. The van der Waals surface area contributed by atoms with Crippen molar-refractivity contribution in [2.75, 3.05) is 6.61 Å². The summed E-state index contributed by atoms with van der Waals surface area (Å²) in [6.07, 6.45) is 6.44. The summed E-state index contributed by atoms with van der Waals surface area (Å²) in [6.45, 7) is 9.48. The molecule has 3 aliphatic carbocycles. The summed E-state index contributed by atoms with van der Waals surface area (Å²) >= 11 is 0. The molecule has 0 radical (unpaired) electrons. The highest BCUT2D eigenvalue weighted by atomic mass is 16.7. The fraction of sp³-hybridized carbons (Fsp3) is 0.750. The van der Waals surface area contributed by atoms with Gasteiger partial charge in [-0.3, -0.25) is 4.79 Å². The Morgan fingerprint density at radius 3 is 2.44 bits per heavy atom. The van der Waals surface area contributed by atoms with E-state index >= 15 is 0 Å². The Morgan fingerprint density at radius 2 is 1.80 bits per heavy atom. The number of hydrogen-bond acceptors (Lipinski definition) is 5. The Morgan fingerprint density at radius 1 is 1.12 bits per heavy atom. The highest BCUT2D eigenvalue weighted by molar-refractivity contribution is 6.06. The lowest BCUT2D eigenvalue weighted by molar-refractivity contribution is -0.319. The smallest absolute Gasteiger partial charge is 0.262 e. The van der Waals surface area contributed by atoms with Gasteiger partial charge < -0.3 is 20.1 Å². The van der Waals surface area contributed by atoms with Crippen LogP contribution in [0.4, 0.5) is 0 Å². The van der Waals surface area contributed by atoms with E-state index in [9.17, 15) is 20.1 Å². The maximum absolute atomic E-state index is 13.3. The van der Waals surface area contributed by atoms with E-state index in [-0.39, 0.29) is 12.2 Å². The van der Waals surface area contributed by atoms with Gasteiger partial charge in [0.1, 0.15) is 11.2 Å². The number of hydrogen-bond donors (Lipinski definition) is 3. The summed E-state index contributed by atoms with van der Waals surface area (Å²) in [7, 11) is 0. The average molecular weight is 348 g/mol. The predicted molar refractivity (Wildman–Crippen MR) is 91.5 cm³/mol. The fourth-order valence-corrected chi connectivity index (χ4v) is 6.19. The van der Waals surface area contributed by atoms with Crippen molar-refractivity contribution in [1.29, 1.82) is 0 Å². The minimum absolute atomic E-state index is 0.0200. The van der Waals surface area contributed by atoms with Gasteiger partial charge in [0.15, 0.2) is 0 Å². The van der Waals surface area contributed by atoms with Gasteiger partial charge in [-0.25, -0.2) is 0 Å². The Balaban J connectivity index is 2.04. The molecule has 2 bridgehead atoms. The third kappa shape index (κ3) is 1.54. The molecule has 0 aromatic rings. The van der Waals surface area contributed by atoms with Crippen LogP contribution in [0, 0.1) is 16.2 Å². The van der Waals surface area contributed by atoms with E-state index in [0.29, 0.717) is 25.7 Å². The van der Waals surface area contributed by atoms with Gasteiger partial charge in [-0.1, -0.05) is 39.3 Å². The van der Waals surface area contributed by atoms with E-state index in [1.54, 1.807) is 12.2 Å². The number of aliphatic hydroxyl groups is 3. The fourth-order valence-electron chi connectivity index (χ4n) is 6.19. The molecular formula is C20H28O5. The molecule has 3 fully saturated rings. The maximum atomic E-state index is 13.3. The van der Waals surface area contributed by atoms with E-state index in [0.717, 1.165) is 6.42 Å². The number of ether oxygens (including phenoxy) is 1. The van der Waals surface area contributed by atoms with Crippen molar-refractivity contribution in [3.8, 4) is 0 Å². The van der Waals surface area contributed by atoms with Crippen LogP contribution in [0.5, 0.6) is 0 Å². The van der Waals surface area contributed by atoms with Crippen LogP contribution in [0.25, 0.3) is 0 Å². The van der Waals surface area contributed by atoms with Gasteiger partial charge >= 0.3 is 0 Å². The molecule has 4 aliphatic rings. The Hall–Kier alpha value is -1.01. The quantitative estimate of drug-likeness (QED) is 0.630. The zero-order valence-corrected chi connectivity index (χ0v) is 15.3. The van der Waals surface area contributed by atoms with Crippen LogP contribution in [0.3, 0.4) is 0 Å². The molecular weight excluding hydrogens is 320 g/mol. The second kappa shape index (κ2) is 4.45. The van der Waals surface area contributed by atoms with Crippen molar-refractivity contribution in [3.05, 3.63) is 24.3 Å². The van der Waals surface area contributed by atoms with Gasteiger partial charge in [0, 0.05) is 16.4 Å². The van der Waals surface area contributed by atoms with Crippen LogP contribution in [-0.4, -0.2) is 44.7 Å². The van der Waals surface area contributed by atoms with Crippen LogP contribution in [0.2, 0.25) is 0 Å². The third-order valence-electron chi connectivity index (χ3n) is 7.85. The van der Waals surface area contributed by atoms with Crippen molar-refractivity contribution in [2.45, 2.75) is 69.9 Å². The van der Waals surface area contributed by atoms with E-state index in [4.69, 9.17) is 4.74 Å². The molecule has 5 atom stereocenters. The number of carbonyl (C=O) groups excluding carboxylic acids is 1. The van der Waals surface area contributed by atoms with Gasteiger partial charge in [0.2, 0.25) is 5.78 Å². The zero-order chi connectivity index (χ0) is 18.5. The normalized spacial score (nSPS) is 53.7. The van der Waals surface area contributed by atoms with Crippen LogP contribution < -0.4 is 0 Å². The van der Waals surface area contributed by atoms with Crippen LogP contribution in [0.1, 0.15) is 52.9 Å². The summed E-state index contributed by atoms with van der Waals surface area (Å²) in [5.74, 6) is -3.01. The first kappa shape index (κ1) is 17.4. The molecule has 2 saturated carbocycles. The molecule has 1 aliphatic heterocycles. The molecule has 25 heavy (non-hydrogen) atoms. The second-order valence-corrected chi connectivity index (χ2v) is 9.42. The first-order valence-electron chi connectivity index (χ1n) is 9.16. The predicted octanol–water partition coefficient (Wildman–Crippen LogP) is 1.86. The number of fused-ring (bicyclic) bond motifs is 1. The van der Waals surface area contributed by atoms with Gasteiger partial charge in [-0.05, 0) is 25.7 Å². The van der Waals surface area contributed by atoms with E-state index in [1.165, 1.54) is 0 Å². The topological polar surface area (TPSA) is 87.0 Å². The van der Waals surface area contributed by atoms with Crippen molar-refractivity contribution < 1.29 is 24.9 Å². The minimum Gasteiger partial charge on any atom is -0.384 e. The molecule has 4 rings (SSSR count). The van der Waals surface area contributed by atoms with Crippen LogP contribution in [-0.2, 0) is 9.53 Å². The summed E-state index contributed by atoms with van der Waals surface area (Å²) < 4.78 is 5.64. The van der Waals surface area contributed by atoms with Crippen molar-refractivity contribution in [1.82, 2.24) is 0 Å². The van der Waals surface area contributed by atoms with E-state index < -0.39 is 39.0 Å². The highest BCUT2D eigenvalue weighted by Crippen LogP contribution is 2.72. The monoisotopic (exact) mass is 348 g/mol. The first-order valence-corrected chi connectivity index (χ1v) is 9.16. The second-order valence-electron chi connectivity index (χ2n) is 9.42. The molecule has 1 heterocycles. The van der Waals surface area contributed by atoms with E-state index in [1.807, 2.05) is 20.8 Å². The number of Topliss-reactive ketones (excluding diaryl/α,β-unsaturated/α-hetero) is 1. The van der Waals surface area contributed by atoms with Crippen molar-refractivity contribution in [2.24, 2.45) is 16.2 Å². The third-order valence-corrected chi connectivity index (χ3v) is 7.85. The van der Waals surface area contributed by atoms with Gasteiger partial charge in [0.05, 0.1) is 12.0 Å². The molecule has 0 spiro atoms. The minimum atomic E-state index is -2.31. The highest BCUT2D eigenvalue weighted by Gasteiger charge is 2.86. The summed E-state index contributed by atoms with van der Waals surface area (Å²) in [5.41, 5.74) is -5.41. The van der Waals surface area contributed by atoms with Crippen LogP contribution >= 0.6 is 0 Å². The van der Waals surface area contributed by atoms with Gasteiger partial charge in [-0.15, -0.1) is 6.58 Å². The van der Waals surface area contributed by atoms with Gasteiger partial charge in [-0.2, -0.15) is 0 Å². The standard InChI is InChI=1S/C20H28O5/c1-5-16(4)9-10-18(22)13(11-16)14(21)19(23)20(24)15(2,3)7-6-8-17(18,20)12-25-19/h5,11,22-24H,1,6-10,12H2,2-4H3. The molecule has 0 aromatic heterocycles. The SMILES string of the molecule is C=CC1(C)C=C2C(=O)C3(O)OCC4(CCCC(C)(C)C34O)C2(O)CC1. The molecule has 3 N–H and O–H groups in total. The number of carbonyl (C=O) groups is 1. The van der Waals surface area contributed by atoms with Crippen molar-refractivity contribution in [3.63, 3.8) is 0 Å². The molecule has 1 saturated heterocycles. The zero-order valence-electron chi connectivity index (χ0n) is 15.3. The molecule has 0 aromatic carbocycles. The number of rotatable bonds is 1. The Kier molecular flexibility index (Phi) is 3.10. The molecule has 5 nitrogen and oxygen atoms in total. The summed E-state index contributed by atoms with van der Waals surface area (Å²) in [5, 5.41) is 34.9.